The third-order valence-electron chi connectivity index (χ3n) is 5.02. The molecular weight excluding hydrogens is 441 g/mol. The Labute approximate surface area is 172 Å². The van der Waals surface area contributed by atoms with Crippen LogP contribution in [-0.4, -0.2) is 10.8 Å². The van der Waals surface area contributed by atoms with Gasteiger partial charge in [-0.05, 0) is 48.0 Å². The number of carbonyl (C=O) groups excluding carboxylic acids is 1. The van der Waals surface area contributed by atoms with Crippen molar-refractivity contribution in [3.05, 3.63) is 104 Å². The molecule has 29 heavy (non-hydrogen) atoms. The molecule has 144 valence electrons. The minimum Gasteiger partial charge on any atom is -0.467 e. The quantitative estimate of drug-likeness (QED) is 0.436. The van der Waals surface area contributed by atoms with Crippen LogP contribution in [0.1, 0.15) is 33.5 Å². The van der Waals surface area contributed by atoms with E-state index in [9.17, 15) is 14.0 Å². The molecule has 2 aromatic carbocycles. The van der Waals surface area contributed by atoms with Crippen molar-refractivity contribution in [3.8, 4) is 0 Å². The molecule has 1 aliphatic rings. The number of benzene rings is 2. The summed E-state index contributed by atoms with van der Waals surface area (Å²) in [6.07, 6.45) is 1.52. The van der Waals surface area contributed by atoms with Crippen molar-refractivity contribution in [3.63, 3.8) is 0 Å². The van der Waals surface area contributed by atoms with E-state index >= 15 is 0 Å². The van der Waals surface area contributed by atoms with E-state index < -0.39 is 17.8 Å². The summed E-state index contributed by atoms with van der Waals surface area (Å²) in [5.74, 6) is -0.235. The van der Waals surface area contributed by atoms with Crippen LogP contribution in [0.15, 0.2) is 79.0 Å². The Morgan fingerprint density at radius 2 is 1.86 bits per heavy atom. The number of amides is 1. The van der Waals surface area contributed by atoms with Crippen LogP contribution in [-0.2, 0) is 6.54 Å². The monoisotopic (exact) mass is 453 g/mol. The van der Waals surface area contributed by atoms with Gasteiger partial charge in [0, 0.05) is 4.47 Å². The van der Waals surface area contributed by atoms with Gasteiger partial charge >= 0.3 is 0 Å². The molecule has 4 aromatic rings. The summed E-state index contributed by atoms with van der Waals surface area (Å²) in [6, 6.07) is 13.6. The van der Waals surface area contributed by atoms with Crippen molar-refractivity contribution < 1.29 is 18.0 Å². The number of hydrogen-bond donors (Lipinski definition) is 0. The molecule has 1 aliphatic heterocycles. The number of hydrogen-bond acceptors (Lipinski definition) is 4. The average molecular weight is 454 g/mol. The Kier molecular flexibility index (Phi) is 4.13. The smallest absolute Gasteiger partial charge is 0.291 e. The highest BCUT2D eigenvalue weighted by molar-refractivity contribution is 9.10. The van der Waals surface area contributed by atoms with E-state index in [2.05, 4.69) is 15.9 Å². The van der Waals surface area contributed by atoms with E-state index in [1.165, 1.54) is 23.3 Å². The van der Waals surface area contributed by atoms with Gasteiger partial charge in [0.05, 0.1) is 29.8 Å². The fourth-order valence-electron chi connectivity index (χ4n) is 3.72. The van der Waals surface area contributed by atoms with Crippen molar-refractivity contribution in [2.24, 2.45) is 0 Å². The summed E-state index contributed by atoms with van der Waals surface area (Å²) in [4.78, 5) is 28.1. The molecule has 0 unspecified atom stereocenters. The van der Waals surface area contributed by atoms with Gasteiger partial charge in [-0.1, -0.05) is 28.1 Å². The minimum absolute atomic E-state index is 0.00528. The van der Waals surface area contributed by atoms with E-state index in [0.717, 1.165) is 4.47 Å². The molecule has 7 heteroatoms. The molecule has 0 fully saturated rings. The highest BCUT2D eigenvalue weighted by atomic mass is 79.9. The van der Waals surface area contributed by atoms with Crippen LogP contribution >= 0.6 is 15.9 Å². The number of furan rings is 1. The number of fused-ring (bicyclic) bond motifs is 2. The lowest BCUT2D eigenvalue weighted by Crippen LogP contribution is -2.29. The fourth-order valence-corrected chi connectivity index (χ4v) is 4.08. The first-order chi connectivity index (χ1) is 14.0. The van der Waals surface area contributed by atoms with Gasteiger partial charge in [-0.3, -0.25) is 9.59 Å². The second-order valence-corrected chi connectivity index (χ2v) is 7.70. The molecule has 1 atom stereocenters. The zero-order valence-electron chi connectivity index (χ0n) is 14.9. The topological polar surface area (TPSA) is 63.7 Å². The zero-order valence-corrected chi connectivity index (χ0v) is 16.5. The van der Waals surface area contributed by atoms with Gasteiger partial charge in [-0.2, -0.15) is 0 Å². The van der Waals surface area contributed by atoms with Crippen LogP contribution in [0.3, 0.4) is 0 Å². The molecular formula is C22H13BrFNO4. The molecule has 3 heterocycles. The first-order valence-electron chi connectivity index (χ1n) is 8.88. The van der Waals surface area contributed by atoms with Gasteiger partial charge in [-0.15, -0.1) is 0 Å². The van der Waals surface area contributed by atoms with Crippen LogP contribution in [0.2, 0.25) is 0 Å². The van der Waals surface area contributed by atoms with E-state index in [1.54, 1.807) is 42.5 Å². The maximum atomic E-state index is 13.5. The van der Waals surface area contributed by atoms with Crippen molar-refractivity contribution in [2.75, 3.05) is 0 Å². The van der Waals surface area contributed by atoms with Gasteiger partial charge in [0.1, 0.15) is 17.2 Å². The van der Waals surface area contributed by atoms with Crippen LogP contribution < -0.4 is 5.43 Å². The first-order valence-corrected chi connectivity index (χ1v) is 9.67. The summed E-state index contributed by atoms with van der Waals surface area (Å²) in [6.45, 7) is 0.150. The fraction of sp³-hybridized carbons (Fsp3) is 0.0909. The van der Waals surface area contributed by atoms with Crippen molar-refractivity contribution in [1.29, 1.82) is 0 Å². The van der Waals surface area contributed by atoms with E-state index in [0.29, 0.717) is 22.3 Å². The van der Waals surface area contributed by atoms with Crippen LogP contribution in [0.5, 0.6) is 0 Å². The predicted molar refractivity (Wildman–Crippen MR) is 107 cm³/mol. The maximum Gasteiger partial charge on any atom is 0.291 e. The van der Waals surface area contributed by atoms with Crippen molar-refractivity contribution in [2.45, 2.75) is 12.6 Å². The summed E-state index contributed by atoms with van der Waals surface area (Å²) < 4.78 is 25.5. The number of halogens is 2. The molecule has 1 amide bonds. The molecule has 0 aliphatic carbocycles. The molecule has 0 saturated carbocycles. The third kappa shape index (κ3) is 2.89. The Morgan fingerprint density at radius 1 is 1.07 bits per heavy atom. The number of carbonyl (C=O) groups is 1. The van der Waals surface area contributed by atoms with Crippen LogP contribution in [0.4, 0.5) is 4.39 Å². The lowest BCUT2D eigenvalue weighted by atomic mass is 9.98. The summed E-state index contributed by atoms with van der Waals surface area (Å²) in [5.41, 5.74) is 0.917. The van der Waals surface area contributed by atoms with Gasteiger partial charge in [0.2, 0.25) is 5.76 Å². The van der Waals surface area contributed by atoms with E-state index in [4.69, 9.17) is 8.83 Å². The molecule has 0 radical (unpaired) electrons. The van der Waals surface area contributed by atoms with Crippen molar-refractivity contribution in [1.82, 2.24) is 4.90 Å². The Balaban J connectivity index is 1.75. The van der Waals surface area contributed by atoms with E-state index in [1.807, 2.05) is 0 Å². The van der Waals surface area contributed by atoms with Crippen molar-refractivity contribution >= 4 is 32.8 Å². The molecule has 5 rings (SSSR count). The molecule has 2 aromatic heterocycles. The molecule has 0 spiro atoms. The summed E-state index contributed by atoms with van der Waals surface area (Å²) in [5, 5.41) is 0.373. The highest BCUT2D eigenvalue weighted by Crippen LogP contribution is 2.39. The summed E-state index contributed by atoms with van der Waals surface area (Å²) in [7, 11) is 0. The largest absolute Gasteiger partial charge is 0.467 e. The summed E-state index contributed by atoms with van der Waals surface area (Å²) >= 11 is 3.37. The SMILES string of the molecule is O=C1c2oc3ccc(Br)cc3c(=O)c2[C@@H](c2ccc(F)cc2)N1Cc1ccco1. The Morgan fingerprint density at radius 3 is 2.59 bits per heavy atom. The highest BCUT2D eigenvalue weighted by Gasteiger charge is 2.43. The second-order valence-electron chi connectivity index (χ2n) is 6.78. The predicted octanol–water partition coefficient (Wildman–Crippen LogP) is 5.03. The normalized spacial score (nSPS) is 15.9. The van der Waals surface area contributed by atoms with Gasteiger partial charge in [-0.25, -0.2) is 4.39 Å². The minimum atomic E-state index is -0.706. The van der Waals surface area contributed by atoms with Gasteiger partial charge < -0.3 is 13.7 Å². The zero-order chi connectivity index (χ0) is 20.1. The second kappa shape index (κ2) is 6.70. The maximum absolute atomic E-state index is 13.5. The molecule has 0 saturated heterocycles. The van der Waals surface area contributed by atoms with E-state index in [-0.39, 0.29) is 23.3 Å². The standard InChI is InChI=1S/C22H13BrFNO4/c23-13-5-8-17-16(10-13)20(26)18-19(12-3-6-14(24)7-4-12)25(22(27)21(18)29-17)11-15-2-1-9-28-15/h1-10,19H,11H2/t19-/m1/s1. The molecule has 0 N–H and O–H groups in total. The van der Waals surface area contributed by atoms with Crippen LogP contribution in [0, 0.1) is 5.82 Å². The lowest BCUT2D eigenvalue weighted by Gasteiger charge is -2.24. The van der Waals surface area contributed by atoms with Crippen LogP contribution in [0.25, 0.3) is 11.0 Å². The average Bonchev–Trinajstić information content (AvgIpc) is 3.32. The Bertz CT molecular complexity index is 1300. The number of nitrogens with zero attached hydrogens (tertiary/aromatic N) is 1. The molecule has 0 bridgehead atoms. The lowest BCUT2D eigenvalue weighted by molar-refractivity contribution is 0.0701. The van der Waals surface area contributed by atoms with Gasteiger partial charge in [0.25, 0.3) is 5.91 Å². The Hall–Kier alpha value is -3.19. The number of rotatable bonds is 3. The third-order valence-corrected chi connectivity index (χ3v) is 5.51. The molecule has 5 nitrogen and oxygen atoms in total. The van der Waals surface area contributed by atoms with Gasteiger partial charge in [0.15, 0.2) is 5.43 Å². The first kappa shape index (κ1) is 17.9.